The van der Waals surface area contributed by atoms with Crippen molar-refractivity contribution in [2.75, 3.05) is 52.7 Å². The number of rotatable bonds is 32. The van der Waals surface area contributed by atoms with E-state index < -0.39 is 45.1 Å². The fourth-order valence-corrected chi connectivity index (χ4v) is 36.6. The number of aliphatic hydroxyl groups excluding tert-OH is 5. The van der Waals surface area contributed by atoms with Crippen LogP contribution in [0.2, 0.25) is 46.3 Å². The molecular formula is C112H142Br3N17O14SiSn2. The first-order valence-electron chi connectivity index (χ1n) is 50.8. The van der Waals surface area contributed by atoms with Gasteiger partial charge in [-0.25, -0.2) is 0 Å². The van der Waals surface area contributed by atoms with Crippen molar-refractivity contribution in [3.8, 4) is 22.5 Å². The van der Waals surface area contributed by atoms with Crippen molar-refractivity contribution in [3.05, 3.63) is 323 Å². The van der Waals surface area contributed by atoms with Gasteiger partial charge in [-0.1, -0.05) is 244 Å². The number of halogens is 3. The molecule has 0 radical (unpaired) electrons. The van der Waals surface area contributed by atoms with Gasteiger partial charge in [0, 0.05) is 87.2 Å². The average molecular weight is 2460 g/mol. The van der Waals surface area contributed by atoms with Crippen LogP contribution in [-0.2, 0) is 43.1 Å². The molecule has 792 valence electrons. The quantitative estimate of drug-likeness (QED) is 0.0113. The number of aromatic nitrogens is 3. The van der Waals surface area contributed by atoms with Gasteiger partial charge in [0.2, 0.25) is 0 Å². The molecule has 3 aromatic heterocycles. The van der Waals surface area contributed by atoms with E-state index in [-0.39, 0.29) is 86.9 Å². The van der Waals surface area contributed by atoms with Crippen LogP contribution >= 0.6 is 47.8 Å². The molecule has 0 bridgehead atoms. The minimum Gasteiger partial charge on any atom is -0.392 e. The monoisotopic (exact) mass is 2450 g/mol. The molecule has 8 aliphatic rings. The van der Waals surface area contributed by atoms with Crippen LogP contribution in [0.15, 0.2) is 303 Å². The summed E-state index contributed by atoms with van der Waals surface area (Å²) in [6.45, 7) is 23.7. The predicted molar refractivity (Wildman–Crippen MR) is 613 cm³/mol. The summed E-state index contributed by atoms with van der Waals surface area (Å²) in [5.41, 5.74) is 36.7. The Bertz CT molecular complexity index is 5900. The first-order valence-corrected chi connectivity index (χ1v) is 73.6. The number of unbranched alkanes of at least 4 members (excludes halogenated alkanes) is 3. The first-order chi connectivity index (χ1) is 71.9. The van der Waals surface area contributed by atoms with Crippen molar-refractivity contribution in [3.63, 3.8) is 0 Å². The van der Waals surface area contributed by atoms with Gasteiger partial charge < -0.3 is 58.7 Å². The van der Waals surface area contributed by atoms with Crippen molar-refractivity contribution < 1.29 is 68.7 Å². The Morgan fingerprint density at radius 3 is 0.893 bits per heavy atom. The van der Waals surface area contributed by atoms with E-state index in [9.17, 15) is 0 Å². The molecule has 10 aromatic rings. The number of hydrogen-bond donors (Lipinski definition) is 5. The van der Waals surface area contributed by atoms with E-state index in [1.54, 1.807) is 16.1 Å². The molecule has 149 heavy (non-hydrogen) atoms. The summed E-state index contributed by atoms with van der Waals surface area (Å²) in [6, 6.07) is 75.1. The molecule has 11 heterocycles. The fourth-order valence-electron chi connectivity index (χ4n) is 15.8. The molecule has 0 saturated heterocycles. The van der Waals surface area contributed by atoms with Crippen molar-refractivity contribution in [1.82, 2.24) is 15.0 Å². The van der Waals surface area contributed by atoms with E-state index in [1.807, 2.05) is 202 Å². The molecule has 0 aliphatic carbocycles. The summed E-state index contributed by atoms with van der Waals surface area (Å²) in [5, 5.41) is 83.6. The molecule has 0 saturated carbocycles. The predicted octanol–water partition coefficient (Wildman–Crippen LogP) is 24.3. The van der Waals surface area contributed by atoms with Crippen molar-refractivity contribution in [2.45, 2.75) is 240 Å². The van der Waals surface area contributed by atoms with Crippen molar-refractivity contribution in [1.29, 1.82) is 0 Å². The van der Waals surface area contributed by atoms with Gasteiger partial charge in [-0.15, -0.1) is 0 Å². The Labute approximate surface area is 910 Å². The van der Waals surface area contributed by atoms with E-state index in [2.05, 4.69) is 231 Å². The summed E-state index contributed by atoms with van der Waals surface area (Å²) in [4.78, 5) is 67.0. The number of oxime groups is 8. The number of pyridine rings is 3. The van der Waals surface area contributed by atoms with Crippen LogP contribution in [0, 0.1) is 13.8 Å². The number of benzene rings is 7. The number of hydrogen-bond acceptors (Lipinski definition) is 27. The normalized spacial score (nSPS) is 18.4. The van der Waals surface area contributed by atoms with Gasteiger partial charge in [-0.2, -0.15) is 0 Å². The molecule has 7 aromatic carbocycles. The zero-order valence-corrected chi connectivity index (χ0v) is 99.0. The maximum absolute atomic E-state index is 9.02. The summed E-state index contributed by atoms with van der Waals surface area (Å²) < 4.78 is 16.6. The standard InChI is InChI=1S/C15H13N5O.C15H14N2O2.C11H12N4O.C11H13NO2.C10H20BrNO2Si.2C10H10BrNO2.C10H10NO2.C5H4N.3C4H9.3CH3.2Sn/c16-20-18-10-13-9-15(19-21-13)12-6-4-11(5-7-12)14-3-1-2-8-17-14;18-10-13-9-15(17-19-13)12-6-4-11(5-7-12)14-3-1-2-8-16-14;1-8-2-4-9(5-3-8)11-6-10(16-14-11)7-13-15-12;1-8-2-4-9(5-3-8)11-6-10(7-13)14-12-11;1-10(2,3)15(4,5)13-7-8-6-9(11)12-14-8;2*11-8-3-1-7(2-4-8)10-5-9(6-13)14-12-10;12-7-9-6-10(11-13-9)8-4-2-1-3-5-8;1-2-4-6-5-3-1;3*1-3-4-2;;;;;/h1-8,13H,9-10H2;1-8,13,18H,9-10H2;2-5,10H,6-7H2,1H3;2-5,10,13H,6-7H2,1H3;8H,6-7H2,1-5H3;2*1-4,9,13H,5-6H2;2-5,9,12H,6-7H2;1-4H;3*1,3-4H2,2H3;3*1H3;;/t2*13-;;;;3*9-;;;;;;;;;/m11...111........./s1. The van der Waals surface area contributed by atoms with Crippen LogP contribution in [-0.4, -0.2) is 232 Å². The smallest absolute Gasteiger partial charge is 0.138 e. The van der Waals surface area contributed by atoms with Gasteiger partial charge in [0.1, 0.15) is 16.8 Å². The van der Waals surface area contributed by atoms with E-state index >= 15 is 0 Å². The molecule has 18 rings (SSSR count). The van der Waals surface area contributed by atoms with Crippen LogP contribution in [0.5, 0.6) is 0 Å². The first kappa shape index (κ1) is 120. The van der Waals surface area contributed by atoms with Crippen LogP contribution < -0.4 is 7.29 Å². The summed E-state index contributed by atoms with van der Waals surface area (Å²) in [7, 11) is -1.64. The van der Waals surface area contributed by atoms with Gasteiger partial charge in [-0.05, 0) is 141 Å². The summed E-state index contributed by atoms with van der Waals surface area (Å²) in [5.74, 6) is 0. The number of aliphatic hydroxyl groups is 5. The molecule has 8 atom stereocenters. The topological polar surface area (TPSA) is 419 Å². The minimum absolute atomic E-state index is 0.000973. The maximum atomic E-state index is 9.02. The minimum atomic E-state index is -2.21. The molecule has 0 fully saturated rings. The molecule has 37 heteroatoms. The van der Waals surface area contributed by atoms with Gasteiger partial charge in [0.05, 0.1) is 91.8 Å². The summed E-state index contributed by atoms with van der Waals surface area (Å²) in [6.07, 6.45) is 18.4. The van der Waals surface area contributed by atoms with Crippen LogP contribution in [0.3, 0.4) is 0 Å². The van der Waals surface area contributed by atoms with Crippen molar-refractivity contribution >= 4 is 145 Å². The van der Waals surface area contributed by atoms with Crippen molar-refractivity contribution in [2.24, 2.45) is 51.5 Å². The third-order valence-electron chi connectivity index (χ3n) is 25.8. The van der Waals surface area contributed by atoms with E-state index in [1.165, 1.54) is 66.5 Å². The van der Waals surface area contributed by atoms with E-state index in [4.69, 9.17) is 84.7 Å². The van der Waals surface area contributed by atoms with E-state index in [0.717, 1.165) is 121 Å². The number of aryl methyl sites for hydroxylation is 2. The number of nitrogens with zero attached hydrogens (tertiary/aromatic N) is 17. The van der Waals surface area contributed by atoms with E-state index in [0.29, 0.717) is 64.6 Å². The van der Waals surface area contributed by atoms with Crippen LogP contribution in [0.4, 0.5) is 0 Å². The Kier molecular flexibility index (Phi) is 50.8. The second-order valence-corrected chi connectivity index (χ2v) is 74.6. The zero-order chi connectivity index (χ0) is 107. The van der Waals surface area contributed by atoms with Gasteiger partial charge in [0.15, 0.2) is 38.8 Å². The molecule has 3 unspecified atom stereocenters. The third-order valence-corrected chi connectivity index (χ3v) is 52.9. The zero-order valence-electron chi connectivity index (χ0n) is 87.5. The molecule has 8 aliphatic heterocycles. The van der Waals surface area contributed by atoms with Gasteiger partial charge in [0.25, 0.3) is 0 Å². The molecular weight excluding hydrogens is 2310 g/mol. The molecule has 31 nitrogen and oxygen atoms in total. The van der Waals surface area contributed by atoms with Crippen LogP contribution in [0.1, 0.15) is 182 Å². The Balaban J connectivity index is 0.000000172. The fraction of sp³-hybridized carbons (Fsp3) is 0.420. The molecule has 0 amide bonds. The summed E-state index contributed by atoms with van der Waals surface area (Å²) >= 11 is 5.91. The largest absolute Gasteiger partial charge is 0.392 e. The Morgan fingerprint density at radius 1 is 0.362 bits per heavy atom. The Morgan fingerprint density at radius 2 is 0.638 bits per heavy atom. The average Bonchev–Trinajstić information content (AvgIpc) is 1.74. The van der Waals surface area contributed by atoms with Crippen LogP contribution in [0.25, 0.3) is 43.4 Å². The Hall–Kier alpha value is -10.6. The second kappa shape index (κ2) is 63.0. The molecule has 0 spiro atoms. The van der Waals surface area contributed by atoms with Gasteiger partial charge >= 0.3 is 231 Å². The second-order valence-electron chi connectivity index (χ2n) is 39.5. The third kappa shape index (κ3) is 39.8. The maximum Gasteiger partial charge on any atom is 0.138 e. The van der Waals surface area contributed by atoms with Gasteiger partial charge in [-0.3, -0.25) is 9.97 Å². The SMILES string of the molecule is CC(C)(C)[Si](C)(C)OCC1CC(Br)=NO1.CCC[CH2][Sn]([CH2]CCC)([CH2]CCC)[c]1ccccn1.Cc1ccc(C2=NOC(CN=[N+]=[N-])C2)cc1.Cc1ccc(C2=NOC(CO)C2)cc1.OC[C@H]1CC(c2ccc(-c3ccccn3)cc2)=NO1.OC[C@H]1CC(c2ccc(Br)cc2)=NO1.OC[C@H]1CC(c2ccc(Br)cc2)=NO1.[CH3][Sn]([CH3])([CH3])[c]1ccc(C2=NO[C@@H](CO)C2)cc1.[N-]=[N+]=NC[C@H]1CC(c2ccc(-c3ccccn3)cc2)=NO1. The number of azide groups is 2. The molecule has 5 N–H and O–H groups in total.